The number of esters is 1. The summed E-state index contributed by atoms with van der Waals surface area (Å²) in [6, 6.07) is 0. The van der Waals surface area contributed by atoms with Crippen molar-refractivity contribution >= 4 is 26.9 Å². The van der Waals surface area contributed by atoms with Crippen LogP contribution >= 0.6 is 9.39 Å². The van der Waals surface area contributed by atoms with Crippen LogP contribution in [0.2, 0.25) is 0 Å². The van der Waals surface area contributed by atoms with Crippen molar-refractivity contribution in [1.82, 2.24) is 5.09 Å². The van der Waals surface area contributed by atoms with Crippen molar-refractivity contribution in [3.05, 3.63) is 23.8 Å². The van der Waals surface area contributed by atoms with Gasteiger partial charge in [0.2, 0.25) is 5.78 Å². The Morgan fingerprint density at radius 3 is 2.83 bits per heavy atom. The number of fused-ring (bicyclic) bond motifs is 7. The first-order chi connectivity index (χ1) is 17.1. The lowest BCUT2D eigenvalue weighted by Crippen LogP contribution is -2.63. The molecule has 1 aliphatic heterocycles. The van der Waals surface area contributed by atoms with Gasteiger partial charge in [-0.1, -0.05) is 34.9 Å². The number of Topliss-reactive ketones (excluding diaryl/α,β-unsaturated/α-hetero) is 1. The molecular weight excluding hydrogens is 481 g/mol. The van der Waals surface area contributed by atoms with Crippen LogP contribution in [-0.4, -0.2) is 59.9 Å². The zero-order chi connectivity index (χ0) is 25.9. The molecule has 4 fully saturated rings. The predicted molar refractivity (Wildman–Crippen MR) is 134 cm³/mol. The number of nitrogens with one attached hydrogen (secondary N) is 1. The highest BCUT2D eigenvalue weighted by atomic mass is 31.0. The number of allylic oxidation sites excluding steroid dienone is 4. The van der Waals surface area contributed by atoms with E-state index in [4.69, 9.17) is 14.2 Å². The van der Waals surface area contributed by atoms with Gasteiger partial charge in [-0.3, -0.25) is 14.4 Å². The molecule has 0 amide bonds. The van der Waals surface area contributed by atoms with E-state index in [0.29, 0.717) is 19.3 Å². The Bertz CT molecular complexity index is 1010. The third kappa shape index (κ3) is 3.79. The van der Waals surface area contributed by atoms with Gasteiger partial charge in [-0.15, -0.1) is 0 Å². The Balaban J connectivity index is 1.49. The average Bonchev–Trinajstić information content (AvgIpc) is 3.30. The third-order valence-electron chi connectivity index (χ3n) is 9.87. The molecule has 0 spiro atoms. The van der Waals surface area contributed by atoms with Gasteiger partial charge in [0.15, 0.2) is 24.3 Å². The molecule has 198 valence electrons. The Morgan fingerprint density at radius 1 is 1.33 bits per heavy atom. The fraction of sp³-hybridized carbons (Fsp3) is 0.741. The van der Waals surface area contributed by atoms with Crippen molar-refractivity contribution in [2.24, 2.45) is 28.6 Å². The van der Waals surface area contributed by atoms with Crippen LogP contribution in [0.4, 0.5) is 0 Å². The second-order valence-corrected chi connectivity index (χ2v) is 12.1. The minimum absolute atomic E-state index is 0.00573. The van der Waals surface area contributed by atoms with E-state index in [1.165, 1.54) is 6.92 Å². The molecule has 1 heterocycles. The number of hydrogen-bond acceptors (Lipinski definition) is 8. The lowest BCUT2D eigenvalue weighted by molar-refractivity contribution is -0.201. The highest BCUT2D eigenvalue weighted by molar-refractivity contribution is 7.13. The maximum Gasteiger partial charge on any atom is 0.303 e. The summed E-state index contributed by atoms with van der Waals surface area (Å²) in [5.74, 6) is -0.601. The highest BCUT2D eigenvalue weighted by Crippen LogP contribution is 2.69. The van der Waals surface area contributed by atoms with Gasteiger partial charge in [-0.2, -0.15) is 0 Å². The zero-order valence-electron chi connectivity index (χ0n) is 21.3. The topological polar surface area (TPSA) is 111 Å². The van der Waals surface area contributed by atoms with Crippen molar-refractivity contribution < 1.29 is 33.7 Å². The van der Waals surface area contributed by atoms with Gasteiger partial charge in [0, 0.05) is 23.7 Å². The molecule has 5 aliphatic rings. The first-order valence-corrected chi connectivity index (χ1v) is 13.7. The van der Waals surface area contributed by atoms with Crippen LogP contribution in [0.25, 0.3) is 0 Å². The monoisotopic (exact) mass is 519 g/mol. The van der Waals surface area contributed by atoms with Crippen molar-refractivity contribution in [1.29, 1.82) is 0 Å². The molecule has 8 nitrogen and oxygen atoms in total. The summed E-state index contributed by atoms with van der Waals surface area (Å²) >= 11 is 0. The molecule has 1 saturated heterocycles. The predicted octanol–water partition coefficient (Wildman–Crippen LogP) is 2.65. The van der Waals surface area contributed by atoms with Crippen LogP contribution in [0.1, 0.15) is 59.3 Å². The molecule has 0 bridgehead atoms. The summed E-state index contributed by atoms with van der Waals surface area (Å²) in [4.78, 5) is 37.5. The number of aliphatic hydroxyl groups excluding tert-OH is 1. The number of hydrogen-bond donors (Lipinski definition) is 2. The van der Waals surface area contributed by atoms with Gasteiger partial charge in [-0.05, 0) is 69.1 Å². The van der Waals surface area contributed by atoms with Gasteiger partial charge in [0.05, 0.1) is 12.2 Å². The van der Waals surface area contributed by atoms with Crippen LogP contribution in [0.3, 0.4) is 0 Å². The van der Waals surface area contributed by atoms with E-state index in [0.717, 1.165) is 31.4 Å². The van der Waals surface area contributed by atoms with Crippen molar-refractivity contribution in [2.75, 3.05) is 13.2 Å². The van der Waals surface area contributed by atoms with Gasteiger partial charge in [0.1, 0.15) is 0 Å². The SMILES string of the molecule is CC(=O)OCC(=O)C12OC(CCCNP)OC1CC1C3CCC4=CC(=O)C=CC4(C)C3C(O)CC12C. The van der Waals surface area contributed by atoms with Gasteiger partial charge < -0.3 is 24.4 Å². The van der Waals surface area contributed by atoms with E-state index >= 15 is 0 Å². The quantitative estimate of drug-likeness (QED) is 0.300. The molecule has 3 saturated carbocycles. The second kappa shape index (κ2) is 9.39. The zero-order valence-corrected chi connectivity index (χ0v) is 22.5. The van der Waals surface area contributed by atoms with E-state index in [9.17, 15) is 19.5 Å². The molecule has 10 unspecified atom stereocenters. The number of ketones is 2. The molecule has 0 radical (unpaired) electrons. The van der Waals surface area contributed by atoms with Crippen LogP contribution < -0.4 is 5.09 Å². The van der Waals surface area contributed by atoms with Gasteiger partial charge in [-0.25, -0.2) is 0 Å². The van der Waals surface area contributed by atoms with Gasteiger partial charge in [0.25, 0.3) is 0 Å². The summed E-state index contributed by atoms with van der Waals surface area (Å²) in [6.07, 6.45) is 7.83. The Kier molecular flexibility index (Phi) is 6.83. The van der Waals surface area contributed by atoms with E-state index in [1.54, 1.807) is 12.2 Å². The maximum atomic E-state index is 13.8. The molecule has 4 aliphatic carbocycles. The molecule has 0 aromatic carbocycles. The Labute approximate surface area is 214 Å². The largest absolute Gasteiger partial charge is 0.458 e. The molecule has 9 heteroatoms. The third-order valence-corrected chi connectivity index (χ3v) is 10.2. The molecular formula is C27H38NO7P. The van der Waals surface area contributed by atoms with Crippen LogP contribution in [0.15, 0.2) is 23.8 Å². The lowest BCUT2D eigenvalue weighted by Gasteiger charge is -2.59. The maximum absolute atomic E-state index is 13.8. The lowest BCUT2D eigenvalue weighted by atomic mass is 9.46. The van der Waals surface area contributed by atoms with E-state index in [2.05, 4.69) is 28.3 Å². The molecule has 0 aromatic rings. The first-order valence-electron chi connectivity index (χ1n) is 13.1. The Hall–Kier alpha value is -1.44. The molecule has 5 rings (SSSR count). The summed E-state index contributed by atoms with van der Waals surface area (Å²) in [5, 5.41) is 14.8. The van der Waals surface area contributed by atoms with E-state index in [1.807, 2.05) is 6.08 Å². The summed E-state index contributed by atoms with van der Waals surface area (Å²) in [6.45, 7) is 5.89. The van der Waals surface area contributed by atoms with Crippen LogP contribution in [0, 0.1) is 28.6 Å². The van der Waals surface area contributed by atoms with E-state index in [-0.39, 0.29) is 41.3 Å². The first kappa shape index (κ1) is 26.2. The van der Waals surface area contributed by atoms with Gasteiger partial charge >= 0.3 is 5.97 Å². The number of carbonyl (C=O) groups is 3. The molecule has 36 heavy (non-hydrogen) atoms. The van der Waals surface area contributed by atoms with Crippen molar-refractivity contribution in [2.45, 2.75) is 83.4 Å². The fourth-order valence-corrected chi connectivity index (χ4v) is 8.62. The van der Waals surface area contributed by atoms with Crippen LogP contribution in [-0.2, 0) is 28.6 Å². The average molecular weight is 520 g/mol. The fourth-order valence-electron chi connectivity index (χ4n) is 8.41. The molecule has 0 aromatic heterocycles. The minimum atomic E-state index is -1.27. The number of rotatable bonds is 7. The normalized spacial score (nSPS) is 44.8. The standard InChI is InChI=1S/C27H38NO7P/c1-15(29)33-14-21(32)27-22(34-23(35-27)5-4-10-28-36)12-19-18-7-6-16-11-17(30)8-9-25(16,2)24(18)20(31)13-26(19,27)3/h8-9,11,18-20,22-24,28,31H,4-7,10,12-14,36H2,1-3H3. The Morgan fingerprint density at radius 2 is 2.11 bits per heavy atom. The number of aliphatic hydroxyl groups is 1. The number of ether oxygens (including phenoxy) is 3. The number of carbonyl (C=O) groups excluding carboxylic acids is 3. The smallest absolute Gasteiger partial charge is 0.303 e. The van der Waals surface area contributed by atoms with Crippen molar-refractivity contribution in [3.8, 4) is 0 Å². The molecule has 2 N–H and O–H groups in total. The van der Waals surface area contributed by atoms with Crippen molar-refractivity contribution in [3.63, 3.8) is 0 Å². The molecule has 10 atom stereocenters. The van der Waals surface area contributed by atoms with E-state index < -0.39 is 35.5 Å². The summed E-state index contributed by atoms with van der Waals surface area (Å²) in [5.41, 5.74) is -1.24. The summed E-state index contributed by atoms with van der Waals surface area (Å²) in [7, 11) is 2.48. The second-order valence-electron chi connectivity index (χ2n) is 11.7. The highest BCUT2D eigenvalue weighted by Gasteiger charge is 2.75. The van der Waals surface area contributed by atoms with Crippen LogP contribution in [0.5, 0.6) is 0 Å². The minimum Gasteiger partial charge on any atom is -0.458 e. The summed E-state index contributed by atoms with van der Waals surface area (Å²) < 4.78 is 18.2.